The van der Waals surface area contributed by atoms with Crippen LogP contribution in [0.1, 0.15) is 23.5 Å². The van der Waals surface area contributed by atoms with E-state index in [2.05, 4.69) is 38.2 Å². The second kappa shape index (κ2) is 12.0. The number of hydrogen-bond acceptors (Lipinski definition) is 8. The molecule has 1 saturated heterocycles. The quantitative estimate of drug-likeness (QED) is 0.277. The third kappa shape index (κ3) is 5.96. The predicted octanol–water partition coefficient (Wildman–Crippen LogP) is 3.45. The molecule has 0 unspecified atom stereocenters. The highest BCUT2D eigenvalue weighted by Gasteiger charge is 2.25. The number of nitrogens with zero attached hydrogens (tertiary/aromatic N) is 10. The van der Waals surface area contributed by atoms with E-state index in [0.29, 0.717) is 55.1 Å². The summed E-state index contributed by atoms with van der Waals surface area (Å²) in [4.78, 5) is 29.3. The average Bonchev–Trinajstić information content (AvgIpc) is 3.66. The molecule has 0 saturated carbocycles. The Labute approximate surface area is 250 Å². The number of carbonyl (C=O) groups is 1. The van der Waals surface area contributed by atoms with Gasteiger partial charge in [0.25, 0.3) is 0 Å². The maximum atomic E-state index is 13.3. The Hall–Kier alpha value is -5.08. The summed E-state index contributed by atoms with van der Waals surface area (Å²) in [6.45, 7) is 3.56. The molecule has 1 atom stereocenters. The van der Waals surface area contributed by atoms with Crippen molar-refractivity contribution in [3.05, 3.63) is 84.6 Å². The first-order chi connectivity index (χ1) is 20.9. The first kappa shape index (κ1) is 28.1. The van der Waals surface area contributed by atoms with Crippen molar-refractivity contribution in [3.63, 3.8) is 0 Å². The molecule has 4 aromatic heterocycles. The molecular formula is C32H34N10O. The van der Waals surface area contributed by atoms with Crippen LogP contribution in [0.5, 0.6) is 0 Å². The lowest BCUT2D eigenvalue weighted by Gasteiger charge is -2.36. The maximum Gasteiger partial charge on any atom is 0.223 e. The zero-order chi connectivity index (χ0) is 29.9. The van der Waals surface area contributed by atoms with Crippen molar-refractivity contribution in [1.82, 2.24) is 39.2 Å². The van der Waals surface area contributed by atoms with Crippen molar-refractivity contribution in [2.75, 3.05) is 51.7 Å². The smallest absolute Gasteiger partial charge is 0.223 e. The number of rotatable bonds is 8. The van der Waals surface area contributed by atoms with E-state index >= 15 is 0 Å². The predicted molar refractivity (Wildman–Crippen MR) is 164 cm³/mol. The zero-order valence-electron chi connectivity index (χ0n) is 24.6. The average molecular weight is 575 g/mol. The van der Waals surface area contributed by atoms with Crippen molar-refractivity contribution in [2.24, 2.45) is 7.05 Å². The first-order valence-electron chi connectivity index (χ1n) is 14.4. The van der Waals surface area contributed by atoms with Gasteiger partial charge in [0.2, 0.25) is 5.91 Å². The lowest BCUT2D eigenvalue weighted by Crippen LogP contribution is -2.49. The van der Waals surface area contributed by atoms with Crippen molar-refractivity contribution in [1.29, 1.82) is 5.26 Å². The summed E-state index contributed by atoms with van der Waals surface area (Å²) in [5.74, 6) is 1.19. The Morgan fingerprint density at radius 2 is 1.77 bits per heavy atom. The molecule has 1 amide bonds. The van der Waals surface area contributed by atoms with Crippen LogP contribution < -0.4 is 4.90 Å². The van der Waals surface area contributed by atoms with Crippen LogP contribution in [-0.4, -0.2) is 91.9 Å². The third-order valence-corrected chi connectivity index (χ3v) is 7.87. The summed E-state index contributed by atoms with van der Waals surface area (Å²) in [5, 5.41) is 18.4. The fourth-order valence-corrected chi connectivity index (χ4v) is 5.68. The van der Waals surface area contributed by atoms with E-state index in [4.69, 9.17) is 9.97 Å². The van der Waals surface area contributed by atoms with Gasteiger partial charge < -0.3 is 14.7 Å². The number of amides is 1. The minimum Gasteiger partial charge on any atom is -0.353 e. The van der Waals surface area contributed by atoms with E-state index in [1.165, 1.54) is 5.56 Å². The molecule has 6 rings (SSSR count). The molecule has 1 aliphatic rings. The molecule has 43 heavy (non-hydrogen) atoms. The molecule has 0 bridgehead atoms. The molecule has 11 heteroatoms. The Morgan fingerprint density at radius 3 is 2.42 bits per heavy atom. The number of hydrogen-bond donors (Lipinski definition) is 0. The molecule has 1 aromatic carbocycles. The Kier molecular flexibility index (Phi) is 7.85. The van der Waals surface area contributed by atoms with Crippen LogP contribution in [0.25, 0.3) is 28.0 Å². The molecule has 1 fully saturated rings. The van der Waals surface area contributed by atoms with E-state index in [1.54, 1.807) is 27.8 Å². The standard InChI is InChI=1S/C32H34N10O/c1-38(2)20-25(23-7-5-4-6-8-23)15-30(43)41-13-11-40(12-14-41)29-10-9-24(17-34-29)31-32-26(16-33)18-36-42(32)22-28(37-31)27-19-35-39(3)21-27/h4-10,17-19,21-22,25H,11-15,20H2,1-3H3/t25-/m0/s1. The van der Waals surface area contributed by atoms with Gasteiger partial charge >= 0.3 is 0 Å². The lowest BCUT2D eigenvalue weighted by molar-refractivity contribution is -0.132. The number of likely N-dealkylation sites (N-methyl/N-ethyl adjacent to an activating group) is 1. The number of nitriles is 1. The Balaban J connectivity index is 1.16. The lowest BCUT2D eigenvalue weighted by atomic mass is 9.94. The summed E-state index contributed by atoms with van der Waals surface area (Å²) < 4.78 is 3.41. The number of aryl methyl sites for hydroxylation is 1. The van der Waals surface area contributed by atoms with Gasteiger partial charge in [-0.1, -0.05) is 30.3 Å². The number of pyridine rings is 1. The summed E-state index contributed by atoms with van der Waals surface area (Å²) in [6, 6.07) is 16.5. The van der Waals surface area contributed by atoms with Crippen molar-refractivity contribution in [2.45, 2.75) is 12.3 Å². The van der Waals surface area contributed by atoms with E-state index in [0.717, 1.165) is 23.5 Å². The SMILES string of the molecule is CN(C)C[C@H](CC(=O)N1CCN(c2ccc(-c3nc(-c4cnn(C)c4)cn4ncc(C#N)c34)cn2)CC1)c1ccccc1. The van der Waals surface area contributed by atoms with Gasteiger partial charge in [-0.2, -0.15) is 15.5 Å². The highest BCUT2D eigenvalue weighted by molar-refractivity contribution is 5.83. The molecule has 0 radical (unpaired) electrons. The monoisotopic (exact) mass is 574 g/mol. The van der Waals surface area contributed by atoms with Gasteiger partial charge in [-0.05, 0) is 31.8 Å². The highest BCUT2D eigenvalue weighted by Crippen LogP contribution is 2.29. The molecule has 5 aromatic rings. The Bertz CT molecular complexity index is 1760. The van der Waals surface area contributed by atoms with Crippen LogP contribution in [-0.2, 0) is 11.8 Å². The normalized spacial score (nSPS) is 14.3. The van der Waals surface area contributed by atoms with Gasteiger partial charge in [-0.25, -0.2) is 14.5 Å². The topological polar surface area (TPSA) is 111 Å². The van der Waals surface area contributed by atoms with Crippen LogP contribution in [0.3, 0.4) is 0 Å². The molecule has 0 aliphatic carbocycles. The fourth-order valence-electron chi connectivity index (χ4n) is 5.68. The van der Waals surface area contributed by atoms with E-state index in [1.807, 2.05) is 68.8 Å². The van der Waals surface area contributed by atoms with Crippen LogP contribution in [0, 0.1) is 11.3 Å². The molecule has 218 valence electrons. The minimum atomic E-state index is 0.157. The van der Waals surface area contributed by atoms with Crippen molar-refractivity contribution >= 4 is 17.2 Å². The van der Waals surface area contributed by atoms with Crippen LogP contribution >= 0.6 is 0 Å². The summed E-state index contributed by atoms with van der Waals surface area (Å²) in [5.41, 5.74) is 5.27. The molecule has 0 spiro atoms. The summed E-state index contributed by atoms with van der Waals surface area (Å²) in [7, 11) is 5.95. The van der Waals surface area contributed by atoms with E-state index in [-0.39, 0.29) is 11.8 Å². The number of anilines is 1. The van der Waals surface area contributed by atoms with E-state index in [9.17, 15) is 10.1 Å². The molecular weight excluding hydrogens is 540 g/mol. The summed E-state index contributed by atoms with van der Waals surface area (Å²) >= 11 is 0. The zero-order valence-corrected chi connectivity index (χ0v) is 24.6. The number of piperazine rings is 1. The van der Waals surface area contributed by atoms with Gasteiger partial charge in [0.05, 0.1) is 30.0 Å². The van der Waals surface area contributed by atoms with Crippen LogP contribution in [0.15, 0.2) is 73.4 Å². The maximum absolute atomic E-state index is 13.3. The fraction of sp³-hybridized carbons (Fsp3) is 0.312. The largest absolute Gasteiger partial charge is 0.353 e. The molecule has 1 aliphatic heterocycles. The number of aromatic nitrogens is 6. The number of benzene rings is 1. The Morgan fingerprint density at radius 1 is 0.977 bits per heavy atom. The highest BCUT2D eigenvalue weighted by atomic mass is 16.2. The minimum absolute atomic E-state index is 0.157. The van der Waals surface area contributed by atoms with Crippen LogP contribution in [0.4, 0.5) is 5.82 Å². The van der Waals surface area contributed by atoms with Gasteiger partial charge in [-0.15, -0.1) is 0 Å². The van der Waals surface area contributed by atoms with Gasteiger partial charge in [0.15, 0.2) is 0 Å². The number of carbonyl (C=O) groups excluding carboxylic acids is 1. The second-order valence-corrected chi connectivity index (χ2v) is 11.2. The molecule has 5 heterocycles. The molecule has 0 N–H and O–H groups in total. The van der Waals surface area contributed by atoms with Gasteiger partial charge in [0, 0.05) is 75.6 Å². The van der Waals surface area contributed by atoms with Crippen molar-refractivity contribution < 1.29 is 4.79 Å². The van der Waals surface area contributed by atoms with E-state index < -0.39 is 0 Å². The van der Waals surface area contributed by atoms with Crippen LogP contribution in [0.2, 0.25) is 0 Å². The van der Waals surface area contributed by atoms with Gasteiger partial charge in [-0.3, -0.25) is 9.48 Å². The summed E-state index contributed by atoms with van der Waals surface area (Å²) in [6.07, 6.45) is 9.29. The second-order valence-electron chi connectivity index (χ2n) is 11.2. The van der Waals surface area contributed by atoms with Gasteiger partial charge in [0.1, 0.15) is 23.0 Å². The number of fused-ring (bicyclic) bond motifs is 1. The molecule has 11 nitrogen and oxygen atoms in total. The third-order valence-electron chi connectivity index (χ3n) is 7.87. The van der Waals surface area contributed by atoms with Crippen molar-refractivity contribution in [3.8, 4) is 28.6 Å². The first-order valence-corrected chi connectivity index (χ1v) is 14.4.